The lowest BCUT2D eigenvalue weighted by atomic mass is 10.2. The maximum absolute atomic E-state index is 13.1. The topological polar surface area (TPSA) is 66.9 Å². The van der Waals surface area contributed by atoms with Crippen molar-refractivity contribution in [1.82, 2.24) is 0 Å². The minimum Gasteiger partial charge on any atom is -0.452 e. The molecule has 1 saturated heterocycles. The fourth-order valence-corrected chi connectivity index (χ4v) is 5.01. The molecule has 1 fully saturated rings. The number of carbonyl (C=O) groups excluding carboxylic acids is 3. The first-order valence-corrected chi connectivity index (χ1v) is 11.2. The van der Waals surface area contributed by atoms with Gasteiger partial charge in [-0.25, -0.2) is 4.79 Å². The van der Waals surface area contributed by atoms with Crippen LogP contribution in [0.25, 0.3) is 0 Å². The Morgan fingerprint density at radius 1 is 0.875 bits per heavy atom. The van der Waals surface area contributed by atoms with Crippen LogP contribution in [0.3, 0.4) is 0 Å². The van der Waals surface area contributed by atoms with E-state index in [2.05, 4.69) is 0 Å². The molecule has 0 radical (unpaired) electrons. The Labute approximate surface area is 189 Å². The highest BCUT2D eigenvalue weighted by Crippen LogP contribution is 2.47. The van der Waals surface area contributed by atoms with Crippen LogP contribution in [0, 0.1) is 0 Å². The molecular weight excluding hydrogens is 424 g/mol. The predicted octanol–water partition coefficient (Wildman–Crippen LogP) is 4.80. The first kappa shape index (κ1) is 20.3. The van der Waals surface area contributed by atoms with Crippen molar-refractivity contribution in [2.45, 2.75) is 22.6 Å². The molecule has 0 aromatic heterocycles. The average molecular weight is 445 g/mol. The van der Waals surface area contributed by atoms with Gasteiger partial charge in [0.15, 0.2) is 6.61 Å². The van der Waals surface area contributed by atoms with E-state index in [0.29, 0.717) is 18.5 Å². The van der Waals surface area contributed by atoms with Gasteiger partial charge in [-0.2, -0.15) is 0 Å². The van der Waals surface area contributed by atoms with E-state index in [1.807, 2.05) is 48.5 Å². The summed E-state index contributed by atoms with van der Waals surface area (Å²) in [6.07, 6.45) is 1.39. The number of anilines is 3. The number of amides is 2. The Morgan fingerprint density at radius 2 is 1.50 bits per heavy atom. The standard InChI is InChI=1S/C25H20N2O4S/c28-23-10-5-15-26(23)18-13-11-17(12-14-18)25(30)31-16-24(29)27-19-6-1-3-8-21(19)32-22-9-4-2-7-20(22)27/h1-4,6-9,11-14H,5,10,15-16H2. The second kappa shape index (κ2) is 8.51. The summed E-state index contributed by atoms with van der Waals surface area (Å²) < 4.78 is 5.34. The highest BCUT2D eigenvalue weighted by atomic mass is 32.2. The zero-order chi connectivity index (χ0) is 22.1. The summed E-state index contributed by atoms with van der Waals surface area (Å²) in [6.45, 7) is 0.312. The second-order valence-corrected chi connectivity index (χ2v) is 8.62. The maximum Gasteiger partial charge on any atom is 0.338 e. The third-order valence-electron chi connectivity index (χ3n) is 5.50. The lowest BCUT2D eigenvalue weighted by Gasteiger charge is -2.30. The lowest BCUT2D eigenvalue weighted by molar-refractivity contribution is -0.121. The van der Waals surface area contributed by atoms with Crippen LogP contribution < -0.4 is 9.80 Å². The van der Waals surface area contributed by atoms with Gasteiger partial charge in [-0.15, -0.1) is 0 Å². The van der Waals surface area contributed by atoms with Gasteiger partial charge in [0.2, 0.25) is 5.91 Å². The Morgan fingerprint density at radius 3 is 2.09 bits per heavy atom. The van der Waals surface area contributed by atoms with Gasteiger partial charge in [0, 0.05) is 28.4 Å². The third kappa shape index (κ3) is 3.76. The molecule has 160 valence electrons. The number of carbonyl (C=O) groups is 3. The quantitative estimate of drug-likeness (QED) is 0.541. The number of fused-ring (bicyclic) bond motifs is 2. The molecule has 0 aliphatic carbocycles. The summed E-state index contributed by atoms with van der Waals surface area (Å²) in [4.78, 5) is 42.8. The molecule has 32 heavy (non-hydrogen) atoms. The Bertz CT molecular complexity index is 1160. The van der Waals surface area contributed by atoms with Gasteiger partial charge >= 0.3 is 5.97 Å². The molecule has 2 heterocycles. The van der Waals surface area contributed by atoms with Crippen LogP contribution in [0.5, 0.6) is 0 Å². The van der Waals surface area contributed by atoms with Crippen molar-refractivity contribution < 1.29 is 19.1 Å². The molecule has 0 saturated carbocycles. The van der Waals surface area contributed by atoms with Crippen molar-refractivity contribution in [3.05, 3.63) is 78.4 Å². The Hall–Kier alpha value is -3.58. The van der Waals surface area contributed by atoms with E-state index in [1.165, 1.54) is 0 Å². The highest BCUT2D eigenvalue weighted by Gasteiger charge is 2.28. The minimum atomic E-state index is -0.578. The average Bonchev–Trinajstić information content (AvgIpc) is 3.26. The van der Waals surface area contributed by atoms with Crippen molar-refractivity contribution in [2.24, 2.45) is 0 Å². The number of rotatable bonds is 4. The molecule has 2 amide bonds. The van der Waals surface area contributed by atoms with E-state index >= 15 is 0 Å². The molecule has 0 N–H and O–H groups in total. The van der Waals surface area contributed by atoms with Crippen LogP contribution in [0.4, 0.5) is 17.1 Å². The summed E-state index contributed by atoms with van der Waals surface area (Å²) in [5.41, 5.74) is 2.65. The number of nitrogens with zero attached hydrogens (tertiary/aromatic N) is 2. The molecular formula is C25H20N2O4S. The van der Waals surface area contributed by atoms with Crippen molar-refractivity contribution in [1.29, 1.82) is 0 Å². The zero-order valence-corrected chi connectivity index (χ0v) is 18.0. The monoisotopic (exact) mass is 444 g/mol. The van der Waals surface area contributed by atoms with Crippen LogP contribution in [0.15, 0.2) is 82.6 Å². The first-order chi connectivity index (χ1) is 15.6. The number of esters is 1. The maximum atomic E-state index is 13.1. The summed E-state index contributed by atoms with van der Waals surface area (Å²) in [5.74, 6) is -0.811. The van der Waals surface area contributed by atoms with Crippen LogP contribution in [-0.4, -0.2) is 30.9 Å². The summed E-state index contributed by atoms with van der Waals surface area (Å²) in [7, 11) is 0. The van der Waals surface area contributed by atoms with E-state index in [4.69, 9.17) is 4.74 Å². The number of hydrogen-bond donors (Lipinski definition) is 0. The normalized spacial score (nSPS) is 14.7. The van der Waals surface area contributed by atoms with Crippen LogP contribution in [0.1, 0.15) is 23.2 Å². The number of hydrogen-bond acceptors (Lipinski definition) is 5. The minimum absolute atomic E-state index is 0.0891. The molecule has 6 nitrogen and oxygen atoms in total. The molecule has 7 heteroatoms. The van der Waals surface area contributed by atoms with Gasteiger partial charge in [-0.3, -0.25) is 14.5 Å². The highest BCUT2D eigenvalue weighted by molar-refractivity contribution is 7.99. The van der Waals surface area contributed by atoms with Gasteiger partial charge < -0.3 is 9.64 Å². The van der Waals surface area contributed by atoms with Gasteiger partial charge in [-0.05, 0) is 55.0 Å². The van der Waals surface area contributed by atoms with Gasteiger partial charge in [0.05, 0.1) is 16.9 Å². The first-order valence-electron chi connectivity index (χ1n) is 10.4. The predicted molar refractivity (Wildman–Crippen MR) is 122 cm³/mol. The molecule has 0 spiro atoms. The van der Waals surface area contributed by atoms with Crippen molar-refractivity contribution >= 4 is 46.6 Å². The number of ether oxygens (including phenoxy) is 1. The number of benzene rings is 3. The molecule has 3 aromatic carbocycles. The van der Waals surface area contributed by atoms with Crippen LogP contribution >= 0.6 is 11.8 Å². The van der Waals surface area contributed by atoms with Crippen molar-refractivity contribution in [3.63, 3.8) is 0 Å². The third-order valence-corrected chi connectivity index (χ3v) is 6.63. The van der Waals surface area contributed by atoms with Gasteiger partial charge in [0.1, 0.15) is 0 Å². The van der Waals surface area contributed by atoms with Crippen LogP contribution in [-0.2, 0) is 14.3 Å². The summed E-state index contributed by atoms with van der Waals surface area (Å²) in [6, 6.07) is 22.0. The van der Waals surface area contributed by atoms with Crippen LogP contribution in [0.2, 0.25) is 0 Å². The summed E-state index contributed by atoms with van der Waals surface area (Å²) in [5, 5.41) is 0. The largest absolute Gasteiger partial charge is 0.452 e. The molecule has 2 aliphatic rings. The fraction of sp³-hybridized carbons (Fsp3) is 0.160. The Balaban J connectivity index is 1.30. The lowest BCUT2D eigenvalue weighted by Crippen LogP contribution is -2.32. The molecule has 0 unspecified atom stereocenters. The van der Waals surface area contributed by atoms with E-state index in [-0.39, 0.29) is 18.4 Å². The molecule has 2 aliphatic heterocycles. The van der Waals surface area contributed by atoms with E-state index in [9.17, 15) is 14.4 Å². The molecule has 5 rings (SSSR count). The van der Waals surface area contributed by atoms with Crippen molar-refractivity contribution in [3.8, 4) is 0 Å². The zero-order valence-electron chi connectivity index (χ0n) is 17.2. The van der Waals surface area contributed by atoms with Gasteiger partial charge in [0.25, 0.3) is 5.91 Å². The number of para-hydroxylation sites is 2. The molecule has 0 atom stereocenters. The van der Waals surface area contributed by atoms with Crippen molar-refractivity contribution in [2.75, 3.05) is 23.0 Å². The Kier molecular flexibility index (Phi) is 5.41. The van der Waals surface area contributed by atoms with Gasteiger partial charge in [-0.1, -0.05) is 36.0 Å². The second-order valence-electron chi connectivity index (χ2n) is 7.54. The van der Waals surface area contributed by atoms with E-state index in [0.717, 1.165) is 33.3 Å². The summed E-state index contributed by atoms with van der Waals surface area (Å²) >= 11 is 1.61. The molecule has 3 aromatic rings. The van der Waals surface area contributed by atoms with E-state index in [1.54, 1.807) is 45.8 Å². The van der Waals surface area contributed by atoms with E-state index < -0.39 is 5.97 Å². The molecule has 0 bridgehead atoms. The SMILES string of the molecule is O=C(OCC(=O)N1c2ccccc2Sc2ccccc21)c1ccc(N2CCCC2=O)cc1. The smallest absolute Gasteiger partial charge is 0.338 e. The fourth-order valence-electron chi connectivity index (χ4n) is 3.95.